The number of pyridine rings is 1. The lowest BCUT2D eigenvalue weighted by molar-refractivity contribution is 0.303. The van der Waals surface area contributed by atoms with E-state index in [0.29, 0.717) is 6.61 Å². The Morgan fingerprint density at radius 3 is 2.65 bits per heavy atom. The molecule has 6 heteroatoms. The molecule has 0 amide bonds. The van der Waals surface area contributed by atoms with E-state index in [0.717, 1.165) is 45.1 Å². The lowest BCUT2D eigenvalue weighted by atomic mass is 10.1. The number of rotatable bonds is 8. The first-order valence-corrected chi connectivity index (χ1v) is 11.0. The standard InChI is InChI=1S/C28H24N4O2/c1-33-27-18-26(34-19-20-11-14-29-15-12-20)10-7-21(27)5-8-24-17-25(32-31-24)9-6-22-3-2-4-23-13-16-30-28(22)23/h2-18,30H,19H2,1H3,(H,31,32)/b8-5+,9-6+. The maximum Gasteiger partial charge on any atom is 0.129 e. The molecule has 0 aliphatic heterocycles. The largest absolute Gasteiger partial charge is 0.496 e. The van der Waals surface area contributed by atoms with Crippen molar-refractivity contribution in [2.75, 3.05) is 7.11 Å². The van der Waals surface area contributed by atoms with Crippen molar-refractivity contribution >= 4 is 35.2 Å². The molecule has 0 unspecified atom stereocenters. The minimum absolute atomic E-state index is 0.475. The Morgan fingerprint density at radius 2 is 1.76 bits per heavy atom. The predicted molar refractivity (Wildman–Crippen MR) is 136 cm³/mol. The van der Waals surface area contributed by atoms with Crippen LogP contribution in [0, 0.1) is 0 Å². The van der Waals surface area contributed by atoms with E-state index in [1.165, 1.54) is 5.39 Å². The number of aromatic nitrogens is 4. The Bertz CT molecular complexity index is 1450. The van der Waals surface area contributed by atoms with Gasteiger partial charge in [0.15, 0.2) is 0 Å². The van der Waals surface area contributed by atoms with Gasteiger partial charge in [-0.1, -0.05) is 24.3 Å². The van der Waals surface area contributed by atoms with E-state index in [1.54, 1.807) is 19.5 Å². The molecule has 0 saturated heterocycles. The highest BCUT2D eigenvalue weighted by Gasteiger charge is 2.05. The minimum Gasteiger partial charge on any atom is -0.496 e. The maximum absolute atomic E-state index is 5.88. The molecule has 5 rings (SSSR count). The first-order chi connectivity index (χ1) is 16.8. The molecule has 6 nitrogen and oxygen atoms in total. The Hall–Kier alpha value is -4.58. The Kier molecular flexibility index (Phi) is 6.21. The van der Waals surface area contributed by atoms with E-state index in [1.807, 2.05) is 60.8 Å². The Morgan fingerprint density at radius 1 is 0.882 bits per heavy atom. The van der Waals surface area contributed by atoms with Crippen LogP contribution in [0.5, 0.6) is 11.5 Å². The molecule has 0 bridgehead atoms. The van der Waals surface area contributed by atoms with Gasteiger partial charge >= 0.3 is 0 Å². The summed E-state index contributed by atoms with van der Waals surface area (Å²) in [5, 5.41) is 8.65. The summed E-state index contributed by atoms with van der Waals surface area (Å²) >= 11 is 0. The normalized spacial score (nSPS) is 11.6. The van der Waals surface area contributed by atoms with Crippen LogP contribution in [0.15, 0.2) is 79.3 Å². The number of para-hydroxylation sites is 1. The van der Waals surface area contributed by atoms with Crippen molar-refractivity contribution in [3.05, 3.63) is 107 Å². The fraction of sp³-hybridized carbons (Fsp3) is 0.0714. The van der Waals surface area contributed by atoms with Gasteiger partial charge in [0.05, 0.1) is 24.0 Å². The van der Waals surface area contributed by atoms with Crippen LogP contribution in [0.3, 0.4) is 0 Å². The summed E-state index contributed by atoms with van der Waals surface area (Å²) in [4.78, 5) is 7.31. The third kappa shape index (κ3) is 4.91. The lowest BCUT2D eigenvalue weighted by Gasteiger charge is -2.10. The van der Waals surface area contributed by atoms with Gasteiger partial charge < -0.3 is 14.5 Å². The molecule has 3 aromatic heterocycles. The molecule has 0 atom stereocenters. The molecule has 2 aromatic carbocycles. The Balaban J connectivity index is 1.26. The SMILES string of the molecule is COc1cc(OCc2ccncc2)ccc1/C=C/c1cc(/C=C/c2cccc3cc[nH]c23)[nH]n1. The second-order valence-electron chi connectivity index (χ2n) is 7.75. The molecule has 0 aliphatic carbocycles. The predicted octanol–water partition coefficient (Wildman–Crippen LogP) is 6.21. The van der Waals surface area contributed by atoms with Crippen molar-refractivity contribution in [1.82, 2.24) is 20.2 Å². The van der Waals surface area contributed by atoms with Gasteiger partial charge in [-0.3, -0.25) is 10.1 Å². The number of hydrogen-bond acceptors (Lipinski definition) is 4. The second kappa shape index (κ2) is 9.92. The van der Waals surface area contributed by atoms with Crippen molar-refractivity contribution < 1.29 is 9.47 Å². The number of nitrogens with zero attached hydrogens (tertiary/aromatic N) is 2. The van der Waals surface area contributed by atoms with Crippen molar-refractivity contribution in [2.24, 2.45) is 0 Å². The van der Waals surface area contributed by atoms with Crippen LogP contribution in [0.2, 0.25) is 0 Å². The van der Waals surface area contributed by atoms with Crippen LogP contribution in [0.1, 0.15) is 28.1 Å². The highest BCUT2D eigenvalue weighted by Crippen LogP contribution is 2.27. The third-order valence-corrected chi connectivity index (χ3v) is 5.47. The fourth-order valence-electron chi connectivity index (χ4n) is 3.69. The number of ether oxygens (including phenoxy) is 2. The van der Waals surface area contributed by atoms with E-state index in [9.17, 15) is 0 Å². The van der Waals surface area contributed by atoms with Crippen LogP contribution < -0.4 is 9.47 Å². The summed E-state index contributed by atoms with van der Waals surface area (Å²) < 4.78 is 11.4. The van der Waals surface area contributed by atoms with Gasteiger partial charge in [-0.05, 0) is 71.1 Å². The second-order valence-corrected chi connectivity index (χ2v) is 7.75. The van der Waals surface area contributed by atoms with E-state index >= 15 is 0 Å². The summed E-state index contributed by atoms with van der Waals surface area (Å²) in [5.74, 6) is 1.48. The number of fused-ring (bicyclic) bond motifs is 1. The van der Waals surface area contributed by atoms with Crippen molar-refractivity contribution in [2.45, 2.75) is 6.61 Å². The molecule has 5 aromatic rings. The summed E-state index contributed by atoms with van der Waals surface area (Å²) in [5.41, 5.74) is 6.01. The molecule has 0 spiro atoms. The van der Waals surface area contributed by atoms with Gasteiger partial charge in [0.1, 0.15) is 18.1 Å². The van der Waals surface area contributed by atoms with Crippen LogP contribution >= 0.6 is 0 Å². The van der Waals surface area contributed by atoms with Crippen molar-refractivity contribution in [3.63, 3.8) is 0 Å². The highest BCUT2D eigenvalue weighted by molar-refractivity contribution is 5.90. The van der Waals surface area contributed by atoms with Crippen molar-refractivity contribution in [3.8, 4) is 11.5 Å². The molecular formula is C28H24N4O2. The minimum atomic E-state index is 0.475. The average molecular weight is 449 g/mol. The van der Waals surface area contributed by atoms with E-state index in [-0.39, 0.29) is 0 Å². The summed E-state index contributed by atoms with van der Waals surface area (Å²) in [6, 6.07) is 20.0. The molecule has 2 N–H and O–H groups in total. The smallest absolute Gasteiger partial charge is 0.129 e. The molecule has 0 radical (unpaired) electrons. The molecule has 34 heavy (non-hydrogen) atoms. The van der Waals surface area contributed by atoms with Crippen LogP contribution in [0.4, 0.5) is 0 Å². The topological polar surface area (TPSA) is 75.8 Å². The number of nitrogens with one attached hydrogen (secondary N) is 2. The zero-order valence-electron chi connectivity index (χ0n) is 18.7. The van der Waals surface area contributed by atoms with Crippen LogP contribution in [0.25, 0.3) is 35.2 Å². The molecule has 0 fully saturated rings. The summed E-state index contributed by atoms with van der Waals surface area (Å²) in [6.45, 7) is 0.475. The van der Waals surface area contributed by atoms with Crippen LogP contribution in [-0.2, 0) is 6.61 Å². The van der Waals surface area contributed by atoms with Gasteiger partial charge in [-0.15, -0.1) is 0 Å². The highest BCUT2D eigenvalue weighted by atomic mass is 16.5. The zero-order valence-corrected chi connectivity index (χ0v) is 18.7. The number of benzene rings is 2. The molecule has 3 heterocycles. The fourth-order valence-corrected chi connectivity index (χ4v) is 3.69. The van der Waals surface area contributed by atoms with E-state index < -0.39 is 0 Å². The average Bonchev–Trinajstić information content (AvgIpc) is 3.55. The van der Waals surface area contributed by atoms with E-state index in [2.05, 4.69) is 50.5 Å². The molecule has 0 aliphatic rings. The lowest BCUT2D eigenvalue weighted by Crippen LogP contribution is -1.96. The molecule has 168 valence electrons. The van der Waals surface area contributed by atoms with Gasteiger partial charge in [0.2, 0.25) is 0 Å². The number of H-pyrrole nitrogens is 2. The first-order valence-electron chi connectivity index (χ1n) is 11.0. The van der Waals surface area contributed by atoms with E-state index in [4.69, 9.17) is 9.47 Å². The van der Waals surface area contributed by atoms with Crippen LogP contribution in [-0.4, -0.2) is 27.3 Å². The summed E-state index contributed by atoms with van der Waals surface area (Å²) in [6.07, 6.45) is 13.5. The zero-order chi connectivity index (χ0) is 23.2. The van der Waals surface area contributed by atoms with Gasteiger partial charge in [0.25, 0.3) is 0 Å². The third-order valence-electron chi connectivity index (χ3n) is 5.47. The molecule has 0 saturated carbocycles. The number of methoxy groups -OCH3 is 1. The van der Waals surface area contributed by atoms with Gasteiger partial charge in [0, 0.05) is 30.2 Å². The van der Waals surface area contributed by atoms with Gasteiger partial charge in [-0.25, -0.2) is 0 Å². The monoisotopic (exact) mass is 448 g/mol. The first kappa shape index (κ1) is 21.3. The maximum atomic E-state index is 5.88. The van der Waals surface area contributed by atoms with Crippen molar-refractivity contribution in [1.29, 1.82) is 0 Å². The number of aromatic amines is 2. The molecular weight excluding hydrogens is 424 g/mol. The Labute approximate surface area is 197 Å². The summed E-state index contributed by atoms with van der Waals surface area (Å²) in [7, 11) is 1.65. The quantitative estimate of drug-likeness (QED) is 0.296. The number of hydrogen-bond donors (Lipinski definition) is 2. The van der Waals surface area contributed by atoms with Gasteiger partial charge in [-0.2, -0.15) is 5.10 Å².